The Kier molecular flexibility index (Phi) is 3.78. The van der Waals surface area contributed by atoms with Gasteiger partial charge in [-0.1, -0.05) is 5.16 Å². The quantitative estimate of drug-likeness (QED) is 0.475. The number of aromatic nitrogens is 2. The first kappa shape index (κ1) is 12.4. The number of hydrogen-bond acceptors (Lipinski definition) is 6. The minimum absolute atomic E-state index is 0.00145. The molecular formula is C12H15N3O3. The number of ether oxygens (including phenoxy) is 1. The van der Waals surface area contributed by atoms with Crippen LogP contribution in [0.2, 0.25) is 0 Å². The van der Waals surface area contributed by atoms with Gasteiger partial charge in [-0.3, -0.25) is 0 Å². The van der Waals surface area contributed by atoms with Crippen molar-refractivity contribution < 1.29 is 14.4 Å². The third-order valence-electron chi connectivity index (χ3n) is 2.42. The van der Waals surface area contributed by atoms with Crippen LogP contribution in [-0.4, -0.2) is 28.5 Å². The van der Waals surface area contributed by atoms with Crippen LogP contribution in [-0.2, 0) is 11.2 Å². The highest BCUT2D eigenvalue weighted by molar-refractivity contribution is 5.63. The number of nitrogens with two attached hydrogens (primary N) is 1. The molecule has 0 saturated carbocycles. The van der Waals surface area contributed by atoms with Gasteiger partial charge >= 0.3 is 0 Å². The minimum atomic E-state index is 0.00145. The number of benzene rings is 1. The number of anilines is 1. The molecule has 0 saturated heterocycles. The highest BCUT2D eigenvalue weighted by atomic mass is 16.5. The summed E-state index contributed by atoms with van der Waals surface area (Å²) in [6.07, 6.45) is 0.596. The number of phenolic OH excluding ortho intramolecular Hbond substituents is 1. The van der Waals surface area contributed by atoms with Crippen molar-refractivity contribution in [2.24, 2.45) is 0 Å². The average Bonchev–Trinajstić information content (AvgIpc) is 2.82. The zero-order valence-corrected chi connectivity index (χ0v) is 10.1. The summed E-state index contributed by atoms with van der Waals surface area (Å²) in [5.41, 5.74) is 6.47. The first-order valence-electron chi connectivity index (χ1n) is 5.70. The summed E-state index contributed by atoms with van der Waals surface area (Å²) in [5, 5.41) is 13.3. The van der Waals surface area contributed by atoms with Crippen LogP contribution in [0.15, 0.2) is 22.7 Å². The molecule has 0 radical (unpaired) electrons. The molecule has 1 aromatic heterocycles. The lowest BCUT2D eigenvalue weighted by Crippen LogP contribution is -1.99. The van der Waals surface area contributed by atoms with Gasteiger partial charge in [0.25, 0.3) is 5.89 Å². The standard InChI is InChI=1S/C12H15N3O3/c1-2-17-6-5-11-14-12(18-15-11)8-3-4-9(13)10(16)7-8/h3-4,7,16H,2,5-6,13H2,1H3. The van der Waals surface area contributed by atoms with Crippen molar-refractivity contribution in [2.75, 3.05) is 18.9 Å². The van der Waals surface area contributed by atoms with E-state index in [9.17, 15) is 5.11 Å². The van der Waals surface area contributed by atoms with E-state index in [2.05, 4.69) is 10.1 Å². The van der Waals surface area contributed by atoms with Crippen molar-refractivity contribution in [3.63, 3.8) is 0 Å². The van der Waals surface area contributed by atoms with Crippen molar-refractivity contribution in [1.29, 1.82) is 0 Å². The Hall–Kier alpha value is -2.08. The second-order valence-corrected chi connectivity index (χ2v) is 3.74. The van der Waals surface area contributed by atoms with Crippen LogP contribution in [0.4, 0.5) is 5.69 Å². The molecule has 18 heavy (non-hydrogen) atoms. The summed E-state index contributed by atoms with van der Waals surface area (Å²) in [4.78, 5) is 4.21. The third-order valence-corrected chi connectivity index (χ3v) is 2.42. The van der Waals surface area contributed by atoms with Crippen LogP contribution >= 0.6 is 0 Å². The highest BCUT2D eigenvalue weighted by Crippen LogP contribution is 2.26. The molecule has 0 aliphatic carbocycles. The second-order valence-electron chi connectivity index (χ2n) is 3.74. The Morgan fingerprint density at radius 2 is 2.28 bits per heavy atom. The van der Waals surface area contributed by atoms with E-state index in [1.165, 1.54) is 6.07 Å². The lowest BCUT2D eigenvalue weighted by molar-refractivity contribution is 0.149. The summed E-state index contributed by atoms with van der Waals surface area (Å²) in [6, 6.07) is 4.80. The van der Waals surface area contributed by atoms with Crippen LogP contribution in [0.1, 0.15) is 12.7 Å². The van der Waals surface area contributed by atoms with Gasteiger partial charge in [-0.15, -0.1) is 0 Å². The van der Waals surface area contributed by atoms with Gasteiger partial charge in [0.2, 0.25) is 0 Å². The third kappa shape index (κ3) is 2.78. The summed E-state index contributed by atoms with van der Waals surface area (Å²) >= 11 is 0. The summed E-state index contributed by atoms with van der Waals surface area (Å²) in [7, 11) is 0. The van der Waals surface area contributed by atoms with Crippen molar-refractivity contribution >= 4 is 5.69 Å². The molecule has 0 bridgehead atoms. The molecule has 0 spiro atoms. The Labute approximate surface area is 104 Å². The fraction of sp³-hybridized carbons (Fsp3) is 0.333. The first-order valence-corrected chi connectivity index (χ1v) is 5.70. The van der Waals surface area contributed by atoms with Crippen LogP contribution in [0.5, 0.6) is 5.75 Å². The van der Waals surface area contributed by atoms with E-state index in [0.717, 1.165) is 0 Å². The summed E-state index contributed by atoms with van der Waals surface area (Å²) in [5.74, 6) is 0.938. The molecule has 0 unspecified atom stereocenters. The Bertz CT molecular complexity index is 525. The maximum absolute atomic E-state index is 9.51. The molecule has 2 rings (SSSR count). The van der Waals surface area contributed by atoms with Crippen molar-refractivity contribution in [2.45, 2.75) is 13.3 Å². The topological polar surface area (TPSA) is 94.4 Å². The van der Waals surface area contributed by atoms with Crippen LogP contribution < -0.4 is 5.73 Å². The Balaban J connectivity index is 2.11. The van der Waals surface area contributed by atoms with Gasteiger partial charge in [-0.25, -0.2) is 0 Å². The fourth-order valence-electron chi connectivity index (χ4n) is 1.46. The molecule has 0 aliphatic heterocycles. The van der Waals surface area contributed by atoms with E-state index >= 15 is 0 Å². The summed E-state index contributed by atoms with van der Waals surface area (Å²) in [6.45, 7) is 3.15. The predicted molar refractivity (Wildman–Crippen MR) is 66.0 cm³/mol. The molecular weight excluding hydrogens is 234 g/mol. The molecule has 6 heteroatoms. The lowest BCUT2D eigenvalue weighted by Gasteiger charge is -1.99. The van der Waals surface area contributed by atoms with E-state index in [0.29, 0.717) is 42.6 Å². The SMILES string of the molecule is CCOCCc1noc(-c2ccc(N)c(O)c2)n1. The van der Waals surface area contributed by atoms with Gasteiger partial charge in [0.05, 0.1) is 12.3 Å². The number of hydrogen-bond donors (Lipinski definition) is 2. The van der Waals surface area contributed by atoms with Crippen LogP contribution in [0.3, 0.4) is 0 Å². The molecule has 0 aliphatic rings. The van der Waals surface area contributed by atoms with Gasteiger partial charge in [-0.2, -0.15) is 4.98 Å². The average molecular weight is 249 g/mol. The molecule has 0 atom stereocenters. The van der Waals surface area contributed by atoms with E-state index in [4.69, 9.17) is 15.0 Å². The van der Waals surface area contributed by atoms with Gasteiger partial charge in [-0.05, 0) is 25.1 Å². The maximum atomic E-state index is 9.51. The molecule has 2 aromatic rings. The van der Waals surface area contributed by atoms with Gasteiger partial charge in [0.1, 0.15) is 5.75 Å². The van der Waals surface area contributed by atoms with E-state index in [-0.39, 0.29) is 5.75 Å². The van der Waals surface area contributed by atoms with Crippen molar-refractivity contribution in [3.05, 3.63) is 24.0 Å². The predicted octanol–water partition coefficient (Wildman–Crippen LogP) is 1.60. The van der Waals surface area contributed by atoms with E-state index in [1.54, 1.807) is 12.1 Å². The highest BCUT2D eigenvalue weighted by Gasteiger charge is 2.10. The lowest BCUT2D eigenvalue weighted by atomic mass is 10.2. The number of phenols is 1. The Morgan fingerprint density at radius 1 is 1.44 bits per heavy atom. The molecule has 1 heterocycles. The molecule has 6 nitrogen and oxygen atoms in total. The summed E-state index contributed by atoms with van der Waals surface area (Å²) < 4.78 is 10.3. The second kappa shape index (κ2) is 5.50. The smallest absolute Gasteiger partial charge is 0.258 e. The van der Waals surface area contributed by atoms with E-state index in [1.807, 2.05) is 6.92 Å². The van der Waals surface area contributed by atoms with Crippen LogP contribution in [0.25, 0.3) is 11.5 Å². The zero-order chi connectivity index (χ0) is 13.0. The molecule has 3 N–H and O–H groups in total. The zero-order valence-electron chi connectivity index (χ0n) is 10.1. The largest absolute Gasteiger partial charge is 0.506 e. The van der Waals surface area contributed by atoms with E-state index < -0.39 is 0 Å². The molecule has 0 amide bonds. The van der Waals surface area contributed by atoms with Gasteiger partial charge in [0, 0.05) is 18.6 Å². The maximum Gasteiger partial charge on any atom is 0.258 e. The minimum Gasteiger partial charge on any atom is -0.506 e. The van der Waals surface area contributed by atoms with Gasteiger partial charge in [0.15, 0.2) is 5.82 Å². The number of nitrogens with zero attached hydrogens (tertiary/aromatic N) is 2. The number of aromatic hydroxyl groups is 1. The molecule has 96 valence electrons. The van der Waals surface area contributed by atoms with Crippen molar-refractivity contribution in [3.8, 4) is 17.2 Å². The van der Waals surface area contributed by atoms with Crippen molar-refractivity contribution in [1.82, 2.24) is 10.1 Å². The fourth-order valence-corrected chi connectivity index (χ4v) is 1.46. The monoisotopic (exact) mass is 249 g/mol. The number of rotatable bonds is 5. The molecule has 0 fully saturated rings. The Morgan fingerprint density at radius 3 is 3.00 bits per heavy atom. The molecule has 1 aromatic carbocycles. The van der Waals surface area contributed by atoms with Crippen LogP contribution in [0, 0.1) is 0 Å². The number of nitrogen functional groups attached to an aromatic ring is 1. The van der Waals surface area contributed by atoms with Gasteiger partial charge < -0.3 is 20.1 Å². The normalized spacial score (nSPS) is 10.7. The first-order chi connectivity index (χ1) is 8.70.